The summed E-state index contributed by atoms with van der Waals surface area (Å²) < 4.78 is 0. The minimum absolute atomic E-state index is 0.406. The third kappa shape index (κ3) is 4.32. The van der Waals surface area contributed by atoms with E-state index in [0.717, 1.165) is 32.2 Å². The Morgan fingerprint density at radius 1 is 1.16 bits per heavy atom. The Balaban J connectivity index is 1.79. The van der Waals surface area contributed by atoms with Crippen molar-refractivity contribution in [1.82, 2.24) is 5.32 Å². The lowest BCUT2D eigenvalue weighted by Crippen LogP contribution is -2.44. The third-order valence-electron chi connectivity index (χ3n) is 4.40. The molecule has 0 aromatic heterocycles. The van der Waals surface area contributed by atoms with E-state index in [1.807, 2.05) is 0 Å². The fourth-order valence-electron chi connectivity index (χ4n) is 2.83. The van der Waals surface area contributed by atoms with Crippen molar-refractivity contribution in [2.75, 3.05) is 6.54 Å². The fourth-order valence-corrected chi connectivity index (χ4v) is 2.83. The third-order valence-corrected chi connectivity index (χ3v) is 4.40. The van der Waals surface area contributed by atoms with Gasteiger partial charge in [0.1, 0.15) is 0 Å². The molecule has 1 aromatic rings. The molecule has 0 radical (unpaired) electrons. The van der Waals surface area contributed by atoms with Gasteiger partial charge in [-0.25, -0.2) is 0 Å². The molecule has 0 aliphatic heterocycles. The minimum atomic E-state index is -0.501. The average Bonchev–Trinajstić information content (AvgIpc) is 2.34. The molecule has 1 aliphatic rings. The van der Waals surface area contributed by atoms with Gasteiger partial charge in [-0.1, -0.05) is 43.7 Å². The Labute approximate surface area is 117 Å². The SMILES string of the molecule is Cc1cccc(CNCC2(O)CCC(C)(C)CC2)c1. The second-order valence-electron chi connectivity index (χ2n) is 6.98. The minimum Gasteiger partial charge on any atom is -0.389 e. The second-order valence-corrected chi connectivity index (χ2v) is 6.98. The van der Waals surface area contributed by atoms with Gasteiger partial charge in [-0.2, -0.15) is 0 Å². The fraction of sp³-hybridized carbons (Fsp3) is 0.647. The lowest BCUT2D eigenvalue weighted by molar-refractivity contribution is -0.0245. The monoisotopic (exact) mass is 261 g/mol. The lowest BCUT2D eigenvalue weighted by atomic mass is 9.71. The zero-order chi connectivity index (χ0) is 13.9. The average molecular weight is 261 g/mol. The predicted molar refractivity (Wildman–Crippen MR) is 80.1 cm³/mol. The summed E-state index contributed by atoms with van der Waals surface area (Å²) in [7, 11) is 0. The second kappa shape index (κ2) is 5.64. The Morgan fingerprint density at radius 3 is 2.47 bits per heavy atom. The molecule has 0 saturated heterocycles. The zero-order valence-corrected chi connectivity index (χ0v) is 12.5. The molecule has 1 fully saturated rings. The van der Waals surface area contributed by atoms with Crippen LogP contribution < -0.4 is 5.32 Å². The van der Waals surface area contributed by atoms with Gasteiger partial charge in [0, 0.05) is 13.1 Å². The number of hydrogen-bond acceptors (Lipinski definition) is 2. The summed E-state index contributed by atoms with van der Waals surface area (Å²) in [5, 5.41) is 14.0. The summed E-state index contributed by atoms with van der Waals surface area (Å²) in [6, 6.07) is 8.53. The van der Waals surface area contributed by atoms with Crippen LogP contribution >= 0.6 is 0 Å². The van der Waals surface area contributed by atoms with Gasteiger partial charge in [-0.3, -0.25) is 0 Å². The highest BCUT2D eigenvalue weighted by Crippen LogP contribution is 2.39. The van der Waals surface area contributed by atoms with Crippen LogP contribution in [0.1, 0.15) is 50.7 Å². The molecular weight excluding hydrogens is 234 g/mol. The van der Waals surface area contributed by atoms with Crippen LogP contribution in [0, 0.1) is 12.3 Å². The molecule has 2 heteroatoms. The van der Waals surface area contributed by atoms with E-state index in [9.17, 15) is 5.11 Å². The summed E-state index contributed by atoms with van der Waals surface area (Å²) in [5.41, 5.74) is 2.49. The van der Waals surface area contributed by atoms with E-state index < -0.39 is 5.60 Å². The Hall–Kier alpha value is -0.860. The Kier molecular flexibility index (Phi) is 4.32. The maximum atomic E-state index is 10.6. The smallest absolute Gasteiger partial charge is 0.0772 e. The van der Waals surface area contributed by atoms with E-state index in [0.29, 0.717) is 12.0 Å². The largest absolute Gasteiger partial charge is 0.389 e. The molecule has 0 amide bonds. The summed E-state index contributed by atoms with van der Waals surface area (Å²) in [6.07, 6.45) is 4.08. The van der Waals surface area contributed by atoms with Crippen LogP contribution in [-0.2, 0) is 6.54 Å². The quantitative estimate of drug-likeness (QED) is 0.870. The van der Waals surface area contributed by atoms with E-state index in [4.69, 9.17) is 0 Å². The van der Waals surface area contributed by atoms with Crippen LogP contribution in [0.5, 0.6) is 0 Å². The van der Waals surface area contributed by atoms with Crippen molar-refractivity contribution in [3.8, 4) is 0 Å². The van der Waals surface area contributed by atoms with E-state index >= 15 is 0 Å². The van der Waals surface area contributed by atoms with E-state index in [2.05, 4.69) is 50.4 Å². The normalized spacial score (nSPS) is 21.3. The van der Waals surface area contributed by atoms with Crippen molar-refractivity contribution >= 4 is 0 Å². The first-order valence-electron chi connectivity index (χ1n) is 7.37. The molecule has 106 valence electrons. The molecule has 0 heterocycles. The van der Waals surface area contributed by atoms with Crippen molar-refractivity contribution in [2.24, 2.45) is 5.41 Å². The van der Waals surface area contributed by atoms with Crippen LogP contribution in [0.3, 0.4) is 0 Å². The van der Waals surface area contributed by atoms with E-state index in [1.54, 1.807) is 0 Å². The molecule has 1 aliphatic carbocycles. The van der Waals surface area contributed by atoms with Crippen molar-refractivity contribution in [3.63, 3.8) is 0 Å². The summed E-state index contributed by atoms with van der Waals surface area (Å²) in [5.74, 6) is 0. The van der Waals surface area contributed by atoms with E-state index in [-0.39, 0.29) is 0 Å². The first-order valence-corrected chi connectivity index (χ1v) is 7.37. The van der Waals surface area contributed by atoms with Gasteiger partial charge in [0.25, 0.3) is 0 Å². The maximum Gasteiger partial charge on any atom is 0.0772 e. The summed E-state index contributed by atoms with van der Waals surface area (Å²) in [4.78, 5) is 0. The molecule has 0 unspecified atom stereocenters. The standard InChI is InChI=1S/C17H27NO/c1-14-5-4-6-15(11-14)12-18-13-17(19)9-7-16(2,3)8-10-17/h4-6,11,18-19H,7-10,12-13H2,1-3H3. The van der Waals surface area contributed by atoms with Gasteiger partial charge in [0.2, 0.25) is 0 Å². The lowest BCUT2D eigenvalue weighted by Gasteiger charge is -2.40. The molecule has 2 N–H and O–H groups in total. The Morgan fingerprint density at radius 2 is 1.84 bits per heavy atom. The molecule has 2 nitrogen and oxygen atoms in total. The van der Waals surface area contributed by atoms with Gasteiger partial charge in [0.05, 0.1) is 5.60 Å². The zero-order valence-electron chi connectivity index (χ0n) is 12.5. The molecule has 0 spiro atoms. The molecule has 19 heavy (non-hydrogen) atoms. The van der Waals surface area contributed by atoms with Gasteiger partial charge in [-0.05, 0) is 43.6 Å². The van der Waals surface area contributed by atoms with Crippen LogP contribution in [0.25, 0.3) is 0 Å². The molecule has 0 bridgehead atoms. The number of aliphatic hydroxyl groups is 1. The predicted octanol–water partition coefficient (Wildman–Crippen LogP) is 3.42. The first-order chi connectivity index (χ1) is 8.89. The number of benzene rings is 1. The summed E-state index contributed by atoms with van der Waals surface area (Å²) in [6.45, 7) is 8.25. The molecule has 0 atom stereocenters. The summed E-state index contributed by atoms with van der Waals surface area (Å²) >= 11 is 0. The number of aryl methyl sites for hydroxylation is 1. The highest BCUT2D eigenvalue weighted by atomic mass is 16.3. The first kappa shape index (κ1) is 14.5. The highest BCUT2D eigenvalue weighted by Gasteiger charge is 2.36. The topological polar surface area (TPSA) is 32.3 Å². The molecule has 1 saturated carbocycles. The van der Waals surface area contributed by atoms with Crippen LogP contribution in [0.4, 0.5) is 0 Å². The van der Waals surface area contributed by atoms with Crippen molar-refractivity contribution in [3.05, 3.63) is 35.4 Å². The molecule has 1 aromatic carbocycles. The van der Waals surface area contributed by atoms with Gasteiger partial charge >= 0.3 is 0 Å². The van der Waals surface area contributed by atoms with Crippen molar-refractivity contribution < 1.29 is 5.11 Å². The number of nitrogens with one attached hydrogen (secondary N) is 1. The van der Waals surface area contributed by atoms with Crippen molar-refractivity contribution in [2.45, 2.75) is 58.6 Å². The maximum absolute atomic E-state index is 10.6. The number of rotatable bonds is 4. The van der Waals surface area contributed by atoms with Gasteiger partial charge in [0.15, 0.2) is 0 Å². The van der Waals surface area contributed by atoms with Crippen LogP contribution in [0.15, 0.2) is 24.3 Å². The van der Waals surface area contributed by atoms with E-state index in [1.165, 1.54) is 11.1 Å². The molecule has 2 rings (SSSR count). The number of hydrogen-bond donors (Lipinski definition) is 2. The Bertz CT molecular complexity index is 415. The van der Waals surface area contributed by atoms with Crippen LogP contribution in [-0.4, -0.2) is 17.3 Å². The van der Waals surface area contributed by atoms with Crippen LogP contribution in [0.2, 0.25) is 0 Å². The van der Waals surface area contributed by atoms with Gasteiger partial charge in [-0.15, -0.1) is 0 Å². The van der Waals surface area contributed by atoms with Crippen molar-refractivity contribution in [1.29, 1.82) is 0 Å². The highest BCUT2D eigenvalue weighted by molar-refractivity contribution is 5.22. The molecular formula is C17H27NO. The van der Waals surface area contributed by atoms with Gasteiger partial charge < -0.3 is 10.4 Å².